The molecule has 1 aromatic rings. The molecule has 0 radical (unpaired) electrons. The summed E-state index contributed by atoms with van der Waals surface area (Å²) in [5.41, 5.74) is 0. The van der Waals surface area contributed by atoms with Crippen LogP contribution in [-0.2, 0) is 26.1 Å². The van der Waals surface area contributed by atoms with Gasteiger partial charge in [-0.2, -0.15) is 0 Å². The van der Waals surface area contributed by atoms with Crippen LogP contribution in [0.4, 0.5) is 0 Å². The lowest BCUT2D eigenvalue weighted by molar-refractivity contribution is -0.137. The first-order valence-corrected chi connectivity index (χ1v) is 7.66. The number of carbonyl (C=O) groups excluding carboxylic acids is 1. The molecule has 0 bridgehead atoms. The number of hydrogen-bond donors (Lipinski definition) is 2. The SMILES string of the molecule is COC(=O)CS(=O)(=O)NCc1ccc(C#CCO)s1. The Hall–Kier alpha value is -1.40. The van der Waals surface area contributed by atoms with Gasteiger partial charge in [-0.15, -0.1) is 11.3 Å². The van der Waals surface area contributed by atoms with Crippen molar-refractivity contribution in [2.75, 3.05) is 19.5 Å². The van der Waals surface area contributed by atoms with Gasteiger partial charge in [0, 0.05) is 11.4 Å². The Labute approximate surface area is 115 Å². The first-order chi connectivity index (χ1) is 8.96. The molecule has 1 heterocycles. The predicted molar refractivity (Wildman–Crippen MR) is 70.9 cm³/mol. The molecule has 0 aliphatic carbocycles. The minimum absolute atomic E-state index is 0.0881. The minimum Gasteiger partial charge on any atom is -0.468 e. The van der Waals surface area contributed by atoms with E-state index in [0.717, 1.165) is 16.9 Å². The lowest BCUT2D eigenvalue weighted by Crippen LogP contribution is -2.30. The van der Waals surface area contributed by atoms with E-state index in [0.29, 0.717) is 0 Å². The second-order valence-electron chi connectivity index (χ2n) is 3.38. The molecular formula is C11H13NO5S2. The summed E-state index contributed by atoms with van der Waals surface area (Å²) in [5.74, 6) is 3.71. The van der Waals surface area contributed by atoms with Crippen LogP contribution in [0.2, 0.25) is 0 Å². The average Bonchev–Trinajstić information content (AvgIpc) is 2.81. The number of aliphatic hydroxyl groups is 1. The van der Waals surface area contributed by atoms with Gasteiger partial charge in [0.05, 0.1) is 12.0 Å². The molecule has 0 unspecified atom stereocenters. The number of thiophene rings is 1. The van der Waals surface area contributed by atoms with Crippen LogP contribution in [0.25, 0.3) is 0 Å². The fourth-order valence-electron chi connectivity index (χ4n) is 1.11. The van der Waals surface area contributed by atoms with E-state index in [2.05, 4.69) is 21.3 Å². The number of ether oxygens (including phenoxy) is 1. The number of carbonyl (C=O) groups is 1. The fourth-order valence-corrected chi connectivity index (χ4v) is 2.93. The van der Waals surface area contributed by atoms with Crippen molar-refractivity contribution in [1.82, 2.24) is 4.72 Å². The molecule has 1 rings (SSSR count). The lowest BCUT2D eigenvalue weighted by atomic mass is 10.4. The van der Waals surface area contributed by atoms with Crippen LogP contribution in [0, 0.1) is 11.8 Å². The normalized spacial score (nSPS) is 10.6. The van der Waals surface area contributed by atoms with Gasteiger partial charge in [-0.25, -0.2) is 13.1 Å². The van der Waals surface area contributed by atoms with Crippen molar-refractivity contribution >= 4 is 27.3 Å². The molecule has 2 N–H and O–H groups in total. The summed E-state index contributed by atoms with van der Waals surface area (Å²) >= 11 is 1.31. The van der Waals surface area contributed by atoms with E-state index in [1.165, 1.54) is 11.3 Å². The molecule has 0 atom stereocenters. The number of esters is 1. The van der Waals surface area contributed by atoms with Gasteiger partial charge >= 0.3 is 5.97 Å². The zero-order valence-electron chi connectivity index (χ0n) is 10.2. The summed E-state index contributed by atoms with van der Waals surface area (Å²) in [5, 5.41) is 8.55. The van der Waals surface area contributed by atoms with Crippen molar-refractivity contribution in [3.63, 3.8) is 0 Å². The Morgan fingerprint density at radius 3 is 2.89 bits per heavy atom. The minimum atomic E-state index is -3.69. The van der Waals surface area contributed by atoms with E-state index < -0.39 is 21.7 Å². The molecule has 0 spiro atoms. The maximum absolute atomic E-state index is 11.5. The van der Waals surface area contributed by atoms with E-state index in [1.54, 1.807) is 12.1 Å². The number of hydrogen-bond acceptors (Lipinski definition) is 6. The smallest absolute Gasteiger partial charge is 0.322 e. The molecule has 0 aliphatic rings. The predicted octanol–water partition coefficient (Wildman–Crippen LogP) is -0.316. The number of sulfonamides is 1. The molecule has 1 aromatic heterocycles. The standard InChI is InChI=1S/C11H13NO5S2/c1-17-11(14)8-19(15,16)12-7-10-5-4-9(18-10)3-2-6-13/h4-5,12-13H,6-8H2,1H3. The van der Waals surface area contributed by atoms with Crippen molar-refractivity contribution in [2.24, 2.45) is 0 Å². The highest BCUT2D eigenvalue weighted by Crippen LogP contribution is 2.15. The number of aliphatic hydroxyl groups excluding tert-OH is 1. The van der Waals surface area contributed by atoms with E-state index in [1.807, 2.05) is 0 Å². The molecule has 8 heteroatoms. The highest BCUT2D eigenvalue weighted by Gasteiger charge is 2.16. The topological polar surface area (TPSA) is 92.7 Å². The zero-order chi connectivity index (χ0) is 14.3. The first-order valence-electron chi connectivity index (χ1n) is 5.19. The Kier molecular flexibility index (Phi) is 5.98. The average molecular weight is 303 g/mol. The lowest BCUT2D eigenvalue weighted by Gasteiger charge is -2.03. The molecular weight excluding hydrogens is 290 g/mol. The molecule has 0 amide bonds. The number of rotatable bonds is 5. The van der Waals surface area contributed by atoms with Crippen molar-refractivity contribution in [2.45, 2.75) is 6.54 Å². The van der Waals surface area contributed by atoms with Gasteiger partial charge in [-0.1, -0.05) is 11.8 Å². The molecule has 104 valence electrons. The first kappa shape index (κ1) is 15.7. The number of methoxy groups -OCH3 is 1. The Morgan fingerprint density at radius 1 is 1.53 bits per heavy atom. The van der Waals surface area contributed by atoms with Crippen molar-refractivity contribution < 1.29 is 23.1 Å². The maximum atomic E-state index is 11.5. The maximum Gasteiger partial charge on any atom is 0.322 e. The third kappa shape index (κ3) is 5.85. The fraction of sp³-hybridized carbons (Fsp3) is 0.364. The Bertz CT molecular complexity index is 594. The molecule has 0 aliphatic heterocycles. The summed E-state index contributed by atoms with van der Waals surface area (Å²) < 4.78 is 29.6. The zero-order valence-corrected chi connectivity index (χ0v) is 11.8. The molecule has 6 nitrogen and oxygen atoms in total. The van der Waals surface area contributed by atoms with Crippen LogP contribution < -0.4 is 4.72 Å². The largest absolute Gasteiger partial charge is 0.468 e. The summed E-state index contributed by atoms with van der Waals surface area (Å²) in [4.78, 5) is 12.4. The Morgan fingerprint density at radius 2 is 2.26 bits per heavy atom. The molecule has 0 fully saturated rings. The molecule has 0 aromatic carbocycles. The van der Waals surface area contributed by atoms with Crippen molar-refractivity contribution in [3.05, 3.63) is 21.9 Å². The van der Waals surface area contributed by atoms with Crippen LogP contribution >= 0.6 is 11.3 Å². The van der Waals surface area contributed by atoms with Crippen molar-refractivity contribution in [3.8, 4) is 11.8 Å². The molecule has 19 heavy (non-hydrogen) atoms. The quantitative estimate of drug-likeness (QED) is 0.575. The van der Waals surface area contributed by atoms with Gasteiger partial charge in [-0.3, -0.25) is 4.79 Å². The van der Waals surface area contributed by atoms with Crippen LogP contribution in [0.5, 0.6) is 0 Å². The highest BCUT2D eigenvalue weighted by molar-refractivity contribution is 7.90. The van der Waals surface area contributed by atoms with E-state index in [9.17, 15) is 13.2 Å². The van der Waals surface area contributed by atoms with E-state index >= 15 is 0 Å². The van der Waals surface area contributed by atoms with Crippen molar-refractivity contribution in [1.29, 1.82) is 0 Å². The van der Waals surface area contributed by atoms with Gasteiger partial charge < -0.3 is 9.84 Å². The van der Waals surface area contributed by atoms with Gasteiger partial charge in [0.2, 0.25) is 10.0 Å². The third-order valence-corrected chi connectivity index (χ3v) is 4.15. The van der Waals surface area contributed by atoms with E-state index in [-0.39, 0.29) is 13.2 Å². The highest BCUT2D eigenvalue weighted by atomic mass is 32.2. The molecule has 0 saturated heterocycles. The van der Waals surface area contributed by atoms with Gasteiger partial charge in [-0.05, 0) is 12.1 Å². The third-order valence-electron chi connectivity index (χ3n) is 1.95. The van der Waals surface area contributed by atoms with Crippen LogP contribution in [0.3, 0.4) is 0 Å². The summed E-state index contributed by atoms with van der Waals surface area (Å²) in [6.07, 6.45) is 0. The van der Waals surface area contributed by atoms with E-state index in [4.69, 9.17) is 5.11 Å². The van der Waals surface area contributed by atoms with Gasteiger partial charge in [0.25, 0.3) is 0 Å². The number of nitrogens with one attached hydrogen (secondary N) is 1. The summed E-state index contributed by atoms with van der Waals surface area (Å²) in [7, 11) is -2.56. The van der Waals surface area contributed by atoms with Gasteiger partial charge in [0.1, 0.15) is 6.61 Å². The Balaban J connectivity index is 2.57. The summed E-state index contributed by atoms with van der Waals surface area (Å²) in [6, 6.07) is 3.46. The second kappa shape index (κ2) is 7.25. The van der Waals surface area contributed by atoms with Gasteiger partial charge in [0.15, 0.2) is 5.75 Å². The molecule has 0 saturated carbocycles. The monoisotopic (exact) mass is 303 g/mol. The van der Waals surface area contributed by atoms with Crippen LogP contribution in [0.1, 0.15) is 9.75 Å². The van der Waals surface area contributed by atoms with Crippen LogP contribution in [-0.4, -0.2) is 39.0 Å². The second-order valence-corrected chi connectivity index (χ2v) is 6.36. The van der Waals surface area contributed by atoms with Crippen LogP contribution in [0.15, 0.2) is 12.1 Å². The summed E-state index contributed by atoms with van der Waals surface area (Å²) in [6.45, 7) is -0.135.